The number of para-hydroxylation sites is 1. The Morgan fingerprint density at radius 1 is 1.19 bits per heavy atom. The van der Waals surface area contributed by atoms with E-state index in [0.29, 0.717) is 38.4 Å². The summed E-state index contributed by atoms with van der Waals surface area (Å²) in [4.78, 5) is 42.0. The molecule has 0 aliphatic carbocycles. The lowest BCUT2D eigenvalue weighted by Gasteiger charge is -2.12. The molecule has 32 heavy (non-hydrogen) atoms. The Kier molecular flexibility index (Phi) is 7.16. The van der Waals surface area contributed by atoms with Crippen molar-refractivity contribution in [2.45, 2.75) is 0 Å². The first-order valence-corrected chi connectivity index (χ1v) is 10.2. The molecule has 166 valence electrons. The van der Waals surface area contributed by atoms with Gasteiger partial charge in [-0.15, -0.1) is 0 Å². The molecule has 1 saturated heterocycles. The number of nitrogens with zero attached hydrogens (tertiary/aromatic N) is 2. The maximum atomic E-state index is 12.8. The van der Waals surface area contributed by atoms with Gasteiger partial charge in [0.1, 0.15) is 0 Å². The molecule has 0 unspecified atom stereocenters. The summed E-state index contributed by atoms with van der Waals surface area (Å²) in [6.07, 6.45) is 1.63. The van der Waals surface area contributed by atoms with Crippen LogP contribution in [-0.4, -0.2) is 55.7 Å². The Morgan fingerprint density at radius 3 is 2.62 bits per heavy atom. The molecule has 2 N–H and O–H groups in total. The second-order valence-corrected chi connectivity index (χ2v) is 7.55. The number of rotatable bonds is 7. The summed E-state index contributed by atoms with van der Waals surface area (Å²) in [6.45, 7) is -0.333. The molecule has 1 aliphatic rings. The standard InChI is InChI=1S/C22H21N3O6S/c1-25-20(27)17(11-13-6-5-9-16(29-2)19(13)31-12-18(23)26)32-22(25)24-15-8-4-7-14(10-15)21(28)30-3/h4-11H,12H2,1-3H3,(H2,23,26). The molecule has 2 aromatic rings. The van der Waals surface area contributed by atoms with Gasteiger partial charge >= 0.3 is 5.97 Å². The van der Waals surface area contributed by atoms with Crippen molar-refractivity contribution in [1.82, 2.24) is 4.90 Å². The molecule has 3 rings (SSSR count). The van der Waals surface area contributed by atoms with Crippen molar-refractivity contribution in [3.05, 3.63) is 58.5 Å². The number of carbonyl (C=O) groups excluding carboxylic acids is 3. The number of ether oxygens (including phenoxy) is 3. The van der Waals surface area contributed by atoms with Crippen LogP contribution in [0.2, 0.25) is 0 Å². The van der Waals surface area contributed by atoms with Gasteiger partial charge < -0.3 is 19.9 Å². The molecule has 1 heterocycles. The number of amides is 2. The summed E-state index contributed by atoms with van der Waals surface area (Å²) >= 11 is 1.17. The normalized spacial score (nSPS) is 15.8. The Balaban J connectivity index is 1.93. The van der Waals surface area contributed by atoms with Gasteiger partial charge in [0, 0.05) is 12.6 Å². The van der Waals surface area contributed by atoms with Crippen molar-refractivity contribution in [2.24, 2.45) is 10.7 Å². The Bertz CT molecular complexity index is 1130. The number of nitrogens with two attached hydrogens (primary N) is 1. The molecular weight excluding hydrogens is 434 g/mol. The van der Waals surface area contributed by atoms with Gasteiger partial charge in [0.05, 0.1) is 30.4 Å². The maximum absolute atomic E-state index is 12.8. The van der Waals surface area contributed by atoms with Crippen LogP contribution < -0.4 is 15.2 Å². The number of primary amides is 1. The third-order valence-electron chi connectivity index (χ3n) is 4.37. The number of carbonyl (C=O) groups is 3. The van der Waals surface area contributed by atoms with E-state index in [9.17, 15) is 14.4 Å². The SMILES string of the molecule is COC(=O)c1cccc(N=C2SC(=Cc3cccc(OC)c3OCC(N)=O)C(=O)N2C)c1. The van der Waals surface area contributed by atoms with E-state index in [4.69, 9.17) is 19.9 Å². The first-order valence-electron chi connectivity index (χ1n) is 9.36. The van der Waals surface area contributed by atoms with Crippen molar-refractivity contribution in [1.29, 1.82) is 0 Å². The van der Waals surface area contributed by atoms with E-state index in [-0.39, 0.29) is 12.5 Å². The smallest absolute Gasteiger partial charge is 0.337 e. The Morgan fingerprint density at radius 2 is 1.94 bits per heavy atom. The summed E-state index contributed by atoms with van der Waals surface area (Å²) in [7, 11) is 4.38. The number of likely N-dealkylation sites (N-methyl/N-ethyl adjacent to an activating group) is 1. The molecule has 1 fully saturated rings. The van der Waals surface area contributed by atoms with Crippen molar-refractivity contribution in [3.8, 4) is 11.5 Å². The molecule has 2 aromatic carbocycles. The first-order chi connectivity index (χ1) is 15.3. The monoisotopic (exact) mass is 455 g/mol. The second-order valence-electron chi connectivity index (χ2n) is 6.54. The highest BCUT2D eigenvalue weighted by Crippen LogP contribution is 2.37. The predicted octanol–water partition coefficient (Wildman–Crippen LogP) is 2.58. The average molecular weight is 455 g/mol. The summed E-state index contributed by atoms with van der Waals surface area (Å²) in [5.41, 5.74) is 6.59. The third-order valence-corrected chi connectivity index (χ3v) is 5.43. The van der Waals surface area contributed by atoms with Gasteiger partial charge in [0.15, 0.2) is 23.3 Å². The number of methoxy groups -OCH3 is 2. The molecule has 0 bridgehead atoms. The second kappa shape index (κ2) is 10.0. The highest BCUT2D eigenvalue weighted by atomic mass is 32.2. The van der Waals surface area contributed by atoms with Gasteiger partial charge in [0.25, 0.3) is 11.8 Å². The molecule has 1 aliphatic heterocycles. The molecule has 0 radical (unpaired) electrons. The molecule has 0 spiro atoms. The van der Waals surface area contributed by atoms with Crippen molar-refractivity contribution in [2.75, 3.05) is 27.9 Å². The van der Waals surface area contributed by atoms with Crippen LogP contribution in [0, 0.1) is 0 Å². The van der Waals surface area contributed by atoms with Crippen LogP contribution >= 0.6 is 11.8 Å². The van der Waals surface area contributed by atoms with Gasteiger partial charge in [-0.2, -0.15) is 0 Å². The van der Waals surface area contributed by atoms with E-state index < -0.39 is 11.9 Å². The van der Waals surface area contributed by atoms with Crippen LogP contribution in [0.5, 0.6) is 11.5 Å². The molecule has 2 amide bonds. The lowest BCUT2D eigenvalue weighted by molar-refractivity contribution is -0.121. The maximum Gasteiger partial charge on any atom is 0.337 e. The fourth-order valence-corrected chi connectivity index (χ4v) is 3.81. The molecule has 10 heteroatoms. The van der Waals surface area contributed by atoms with E-state index >= 15 is 0 Å². The van der Waals surface area contributed by atoms with Crippen molar-refractivity contribution < 1.29 is 28.6 Å². The highest BCUT2D eigenvalue weighted by Gasteiger charge is 2.31. The van der Waals surface area contributed by atoms with Gasteiger partial charge in [0.2, 0.25) is 0 Å². The van der Waals surface area contributed by atoms with Crippen LogP contribution in [-0.2, 0) is 14.3 Å². The van der Waals surface area contributed by atoms with Gasteiger partial charge in [-0.25, -0.2) is 9.79 Å². The summed E-state index contributed by atoms with van der Waals surface area (Å²) < 4.78 is 15.5. The molecule has 0 atom stereocenters. The van der Waals surface area contributed by atoms with E-state index in [0.717, 1.165) is 0 Å². The minimum Gasteiger partial charge on any atom is -0.493 e. The number of hydrogen-bond donors (Lipinski definition) is 1. The fraction of sp³-hybridized carbons (Fsp3) is 0.182. The van der Waals surface area contributed by atoms with Crippen LogP contribution in [0.15, 0.2) is 52.4 Å². The van der Waals surface area contributed by atoms with Gasteiger partial charge in [-0.3, -0.25) is 14.5 Å². The third kappa shape index (κ3) is 5.09. The van der Waals surface area contributed by atoms with Gasteiger partial charge in [-0.1, -0.05) is 18.2 Å². The lowest BCUT2D eigenvalue weighted by atomic mass is 10.1. The minimum absolute atomic E-state index is 0.262. The van der Waals surface area contributed by atoms with E-state index in [1.54, 1.807) is 55.6 Å². The zero-order valence-electron chi connectivity index (χ0n) is 17.7. The zero-order chi connectivity index (χ0) is 23.3. The van der Waals surface area contributed by atoms with Crippen LogP contribution in [0.3, 0.4) is 0 Å². The average Bonchev–Trinajstić information content (AvgIpc) is 3.05. The molecule has 9 nitrogen and oxygen atoms in total. The zero-order valence-corrected chi connectivity index (χ0v) is 18.5. The largest absolute Gasteiger partial charge is 0.493 e. The molecular formula is C22H21N3O6S. The van der Waals surface area contributed by atoms with Crippen LogP contribution in [0.25, 0.3) is 6.08 Å². The van der Waals surface area contributed by atoms with Gasteiger partial charge in [-0.05, 0) is 42.1 Å². The Hall–Kier alpha value is -3.79. The van der Waals surface area contributed by atoms with E-state index in [1.807, 2.05) is 0 Å². The Labute approximate surface area is 188 Å². The number of aliphatic imine (C=N–C) groups is 1. The number of thioether (sulfide) groups is 1. The fourth-order valence-electron chi connectivity index (χ4n) is 2.83. The van der Waals surface area contributed by atoms with Crippen molar-refractivity contribution in [3.63, 3.8) is 0 Å². The topological polar surface area (TPSA) is 121 Å². The molecule has 0 saturated carbocycles. The van der Waals surface area contributed by atoms with E-state index in [1.165, 1.54) is 30.9 Å². The number of amidine groups is 1. The summed E-state index contributed by atoms with van der Waals surface area (Å²) in [5.74, 6) is -0.671. The highest BCUT2D eigenvalue weighted by molar-refractivity contribution is 8.18. The van der Waals surface area contributed by atoms with Crippen LogP contribution in [0.1, 0.15) is 15.9 Å². The summed E-state index contributed by atoms with van der Waals surface area (Å²) in [6, 6.07) is 11.7. The first kappa shape index (κ1) is 22.9. The van der Waals surface area contributed by atoms with E-state index in [2.05, 4.69) is 4.99 Å². The summed E-state index contributed by atoms with van der Waals surface area (Å²) in [5, 5.41) is 0.436. The predicted molar refractivity (Wildman–Crippen MR) is 121 cm³/mol. The van der Waals surface area contributed by atoms with Crippen molar-refractivity contribution >= 4 is 46.5 Å². The van der Waals surface area contributed by atoms with Crippen LogP contribution in [0.4, 0.5) is 5.69 Å². The quantitative estimate of drug-likeness (QED) is 0.503. The molecule has 0 aromatic heterocycles. The lowest BCUT2D eigenvalue weighted by Crippen LogP contribution is -2.23. The minimum atomic E-state index is -0.635. The number of benzene rings is 2. The number of esters is 1. The number of hydrogen-bond acceptors (Lipinski definition) is 8.